The molecule has 2 aromatic carbocycles. The number of hydrogen-bond acceptors (Lipinski definition) is 7. The average molecular weight is 583 g/mol. The van der Waals surface area contributed by atoms with E-state index in [9.17, 15) is 14.9 Å². The highest BCUT2D eigenvalue weighted by Gasteiger charge is 2.18. The molecule has 42 heavy (non-hydrogen) atoms. The van der Waals surface area contributed by atoms with Gasteiger partial charge in [0, 0.05) is 18.0 Å². The van der Waals surface area contributed by atoms with Crippen molar-refractivity contribution < 1.29 is 9.34 Å². The maximum absolute atomic E-state index is 13.6. The number of benzene rings is 2. The van der Waals surface area contributed by atoms with Gasteiger partial charge in [-0.1, -0.05) is 61.7 Å². The second kappa shape index (κ2) is 11.6. The first-order valence-electron chi connectivity index (χ1n) is 13.9. The van der Waals surface area contributed by atoms with E-state index >= 15 is 0 Å². The average Bonchev–Trinajstić information content (AvgIpc) is 3.71. The fourth-order valence-corrected chi connectivity index (χ4v) is 6.29. The summed E-state index contributed by atoms with van der Waals surface area (Å²) in [5.41, 5.74) is 4.57. The molecular weight excluding hydrogens is 552 g/mol. The molecule has 1 saturated carbocycles. The van der Waals surface area contributed by atoms with Crippen molar-refractivity contribution in [3.05, 3.63) is 114 Å². The molecule has 0 aliphatic heterocycles. The van der Waals surface area contributed by atoms with Gasteiger partial charge in [-0.2, -0.15) is 5.10 Å². The Balaban J connectivity index is 1.45. The van der Waals surface area contributed by atoms with Gasteiger partial charge in [-0.05, 0) is 49.4 Å². The number of rotatable bonds is 7. The minimum atomic E-state index is -0.592. The number of hydrogen-bond donors (Lipinski definition) is 0. The van der Waals surface area contributed by atoms with E-state index in [1.165, 1.54) is 67.4 Å². The van der Waals surface area contributed by atoms with Crippen LogP contribution in [-0.2, 0) is 7.05 Å². The van der Waals surface area contributed by atoms with Crippen molar-refractivity contribution in [1.29, 1.82) is 0 Å². The summed E-state index contributed by atoms with van der Waals surface area (Å²) >= 11 is 1.36. The molecule has 3 heterocycles. The van der Waals surface area contributed by atoms with Gasteiger partial charge in [0.2, 0.25) is 4.80 Å². The molecule has 3 aromatic heterocycles. The van der Waals surface area contributed by atoms with Gasteiger partial charge in [0.25, 0.3) is 5.56 Å². The van der Waals surface area contributed by atoms with E-state index in [4.69, 9.17) is 9.41 Å². The molecule has 0 unspecified atom stereocenters. The van der Waals surface area contributed by atoms with E-state index in [2.05, 4.69) is 29.4 Å². The summed E-state index contributed by atoms with van der Waals surface area (Å²) in [5.74, 6) is 0.456. The van der Waals surface area contributed by atoms with Crippen LogP contribution in [0.25, 0.3) is 16.9 Å². The van der Waals surface area contributed by atoms with Gasteiger partial charge in [-0.25, -0.2) is 14.4 Å². The summed E-state index contributed by atoms with van der Waals surface area (Å²) < 4.78 is 10.3. The Kier molecular flexibility index (Phi) is 7.58. The zero-order valence-corrected chi connectivity index (χ0v) is 24.2. The summed E-state index contributed by atoms with van der Waals surface area (Å²) in [6.07, 6.45) is 7.70. The molecule has 5 aromatic rings. The molecule has 0 amide bonds. The third kappa shape index (κ3) is 5.30. The van der Waals surface area contributed by atoms with E-state index in [0.717, 1.165) is 16.9 Å². The molecule has 10 nitrogen and oxygen atoms in total. The lowest BCUT2D eigenvalue weighted by atomic mass is 9.84. The van der Waals surface area contributed by atoms with Crippen LogP contribution >= 0.6 is 11.3 Å². The molecule has 0 bridgehead atoms. The largest absolute Gasteiger partial charge is 0.433 e. The van der Waals surface area contributed by atoms with Gasteiger partial charge in [0.15, 0.2) is 11.4 Å². The molecule has 1 aliphatic rings. The van der Waals surface area contributed by atoms with E-state index in [1.54, 1.807) is 14.0 Å². The van der Waals surface area contributed by atoms with Crippen LogP contribution in [0, 0.1) is 17.0 Å². The fraction of sp³-hybridized carbons (Fsp3) is 0.258. The van der Waals surface area contributed by atoms with E-state index in [0.29, 0.717) is 22.1 Å². The van der Waals surface area contributed by atoms with Gasteiger partial charge in [-0.3, -0.25) is 19.6 Å². The second-order valence-corrected chi connectivity index (χ2v) is 11.2. The number of para-hydroxylation sites is 1. The Bertz CT molecular complexity index is 1880. The second-order valence-electron chi connectivity index (χ2n) is 10.4. The number of furan rings is 1. The maximum atomic E-state index is 13.6. The first-order valence-corrected chi connectivity index (χ1v) is 14.8. The minimum absolute atomic E-state index is 0.229. The molecular formula is C31H30N6O4S. The smallest absolute Gasteiger partial charge is 0.400 e. The zero-order chi connectivity index (χ0) is 29.2. The normalized spacial score (nSPS) is 14.7. The van der Waals surface area contributed by atoms with Crippen LogP contribution in [0.15, 0.2) is 91.4 Å². The zero-order valence-electron chi connectivity index (χ0n) is 23.3. The molecule has 1 aliphatic carbocycles. The van der Waals surface area contributed by atoms with Crippen LogP contribution in [0.1, 0.15) is 55.0 Å². The summed E-state index contributed by atoms with van der Waals surface area (Å²) in [6, 6.07) is 20.7. The van der Waals surface area contributed by atoms with Crippen LogP contribution in [0.4, 0.5) is 11.6 Å². The maximum Gasteiger partial charge on any atom is 0.433 e. The highest BCUT2D eigenvalue weighted by atomic mass is 32.1. The third-order valence-corrected chi connectivity index (χ3v) is 8.61. The molecule has 1 fully saturated rings. The fourth-order valence-electron chi connectivity index (χ4n) is 5.45. The van der Waals surface area contributed by atoms with E-state index < -0.39 is 4.92 Å². The predicted octanol–water partition coefficient (Wildman–Crippen LogP) is 6.68. The van der Waals surface area contributed by atoms with Crippen LogP contribution in [0.2, 0.25) is 0 Å². The Labute approximate surface area is 245 Å². The molecule has 0 saturated heterocycles. The lowest BCUT2D eigenvalue weighted by Crippen LogP contribution is -2.19. The standard InChI is InChI=1S/C31H30N6O4S/c1-21-29(30(38)36(34(21)2)25-11-7-4-8-12-25)33-31-35(32-19-26-17-18-28(41-26)37(39)40)27(20-42-31)24-15-13-23(14-16-24)22-9-5-3-6-10-22/h4,7-8,11-20,22H,3,5-6,9-10H2,1-2H3. The first kappa shape index (κ1) is 27.4. The third-order valence-electron chi connectivity index (χ3n) is 7.79. The van der Waals surface area contributed by atoms with Crippen molar-refractivity contribution in [2.24, 2.45) is 17.1 Å². The van der Waals surface area contributed by atoms with Gasteiger partial charge in [0.05, 0.1) is 29.4 Å². The molecule has 214 valence electrons. The monoisotopic (exact) mass is 582 g/mol. The quantitative estimate of drug-likeness (QED) is 0.121. The molecule has 0 radical (unpaired) electrons. The van der Waals surface area contributed by atoms with Gasteiger partial charge < -0.3 is 4.42 Å². The van der Waals surface area contributed by atoms with Crippen molar-refractivity contribution in [2.45, 2.75) is 44.9 Å². The molecule has 11 heteroatoms. The summed E-state index contributed by atoms with van der Waals surface area (Å²) in [5, 5.41) is 17.7. The first-order chi connectivity index (χ1) is 20.4. The Morgan fingerprint density at radius 3 is 2.45 bits per heavy atom. The highest BCUT2D eigenvalue weighted by molar-refractivity contribution is 7.07. The Morgan fingerprint density at radius 2 is 1.76 bits per heavy atom. The van der Waals surface area contributed by atoms with Crippen LogP contribution in [0.3, 0.4) is 0 Å². The number of nitrogens with zero attached hydrogens (tertiary/aromatic N) is 6. The lowest BCUT2D eigenvalue weighted by molar-refractivity contribution is -0.402. The van der Waals surface area contributed by atoms with Crippen molar-refractivity contribution in [2.75, 3.05) is 0 Å². The number of nitro groups is 1. The van der Waals surface area contributed by atoms with Crippen LogP contribution in [-0.4, -0.2) is 25.2 Å². The summed E-state index contributed by atoms with van der Waals surface area (Å²) in [4.78, 5) is 29.3. The molecule has 0 N–H and O–H groups in total. The highest BCUT2D eigenvalue weighted by Crippen LogP contribution is 2.33. The number of aromatic nitrogens is 3. The van der Waals surface area contributed by atoms with Gasteiger partial charge in [-0.15, -0.1) is 11.3 Å². The van der Waals surface area contributed by atoms with Gasteiger partial charge >= 0.3 is 5.88 Å². The number of thiazole rings is 1. The van der Waals surface area contributed by atoms with E-state index in [-0.39, 0.29) is 17.2 Å². The Hall–Kier alpha value is -4.77. The summed E-state index contributed by atoms with van der Waals surface area (Å²) in [7, 11) is 1.83. The van der Waals surface area contributed by atoms with E-state index in [1.807, 2.05) is 49.7 Å². The predicted molar refractivity (Wildman–Crippen MR) is 163 cm³/mol. The Morgan fingerprint density at radius 1 is 1.02 bits per heavy atom. The molecule has 6 rings (SSSR count). The van der Waals surface area contributed by atoms with Crippen molar-refractivity contribution in [1.82, 2.24) is 14.0 Å². The van der Waals surface area contributed by atoms with Crippen molar-refractivity contribution >= 4 is 29.1 Å². The van der Waals surface area contributed by atoms with Crippen LogP contribution < -0.4 is 10.4 Å². The van der Waals surface area contributed by atoms with Crippen LogP contribution in [0.5, 0.6) is 0 Å². The lowest BCUT2D eigenvalue weighted by Gasteiger charge is -2.22. The van der Waals surface area contributed by atoms with Gasteiger partial charge in [0.1, 0.15) is 4.92 Å². The molecule has 0 spiro atoms. The van der Waals surface area contributed by atoms with Crippen molar-refractivity contribution in [3.63, 3.8) is 0 Å². The minimum Gasteiger partial charge on any atom is -0.400 e. The topological polar surface area (TPSA) is 113 Å². The summed E-state index contributed by atoms with van der Waals surface area (Å²) in [6.45, 7) is 1.85. The SMILES string of the molecule is Cc1c(N=c2scc(-c3ccc(C4CCCCC4)cc3)n2N=Cc2ccc([N+](=O)[O-])o2)c(=O)n(-c2ccccc2)n1C. The van der Waals surface area contributed by atoms with Crippen molar-refractivity contribution in [3.8, 4) is 16.9 Å². The molecule has 0 atom stereocenters.